The average molecular weight is 369 g/mol. The molecule has 0 aromatic carbocycles. The second-order valence-electron chi connectivity index (χ2n) is 8.53. The van der Waals surface area contributed by atoms with Crippen molar-refractivity contribution in [2.24, 2.45) is 5.73 Å². The predicted molar refractivity (Wildman–Crippen MR) is 99.2 cm³/mol. The lowest BCUT2D eigenvalue weighted by molar-refractivity contribution is 0.0627. The first-order chi connectivity index (χ1) is 13.1. The largest absolute Gasteiger partial charge is 0.336 e. The molecule has 27 heavy (non-hydrogen) atoms. The van der Waals surface area contributed by atoms with Crippen molar-refractivity contribution in [3.63, 3.8) is 0 Å². The smallest absolute Gasteiger partial charge is 0.276 e. The van der Waals surface area contributed by atoms with E-state index in [4.69, 9.17) is 5.73 Å². The first-order valence-corrected chi connectivity index (χ1v) is 10.1. The van der Waals surface area contributed by atoms with Gasteiger partial charge in [0.15, 0.2) is 5.69 Å². The number of H-pyrrole nitrogens is 1. The molecule has 1 atom stereocenters. The van der Waals surface area contributed by atoms with E-state index in [-0.39, 0.29) is 11.3 Å². The van der Waals surface area contributed by atoms with Crippen LogP contribution in [0.25, 0.3) is 0 Å². The Bertz CT molecular complexity index is 835. The summed E-state index contributed by atoms with van der Waals surface area (Å²) in [6.45, 7) is 1.53. The minimum absolute atomic E-state index is 0.000742. The molecule has 2 aromatic heterocycles. The van der Waals surface area contributed by atoms with Gasteiger partial charge >= 0.3 is 0 Å². The molecule has 8 heteroatoms. The van der Waals surface area contributed by atoms with Crippen molar-refractivity contribution in [2.75, 3.05) is 13.1 Å². The van der Waals surface area contributed by atoms with Crippen LogP contribution in [0.1, 0.15) is 72.7 Å². The fourth-order valence-electron chi connectivity index (χ4n) is 5.25. The van der Waals surface area contributed by atoms with Gasteiger partial charge < -0.3 is 10.6 Å². The Labute approximate surface area is 158 Å². The molecule has 3 aliphatic rings. The molecule has 1 saturated carbocycles. The minimum atomic E-state index is 0.000742. The van der Waals surface area contributed by atoms with Gasteiger partial charge in [0.05, 0.1) is 18.4 Å². The van der Waals surface area contributed by atoms with Crippen LogP contribution in [0.5, 0.6) is 0 Å². The quantitative estimate of drug-likeness (QED) is 0.836. The molecule has 2 fully saturated rings. The first-order valence-electron chi connectivity index (χ1n) is 10.1. The third-order valence-corrected chi connectivity index (χ3v) is 6.83. The number of aryl methyl sites for hydroxylation is 1. The van der Waals surface area contributed by atoms with Crippen molar-refractivity contribution >= 4 is 5.91 Å². The number of hydrogen-bond donors (Lipinski definition) is 2. The normalized spacial score (nSPS) is 30.6. The Morgan fingerprint density at radius 3 is 2.96 bits per heavy atom. The predicted octanol–water partition coefficient (Wildman–Crippen LogP) is 1.56. The van der Waals surface area contributed by atoms with E-state index in [1.807, 2.05) is 22.0 Å². The summed E-state index contributed by atoms with van der Waals surface area (Å²) in [6.07, 6.45) is 12.1. The standard InChI is InChI=1S/C19H27N7O/c20-14-2-4-15(5-3-14)26-11-16(22-24-26)18(27)25-9-1-7-19(12-25)8-6-13-10-21-23-17(13)19/h10-11,14-15H,1-9,12,20H2,(H,21,23). The summed E-state index contributed by atoms with van der Waals surface area (Å²) < 4.78 is 1.88. The number of likely N-dealkylation sites (tertiary alicyclic amines) is 1. The van der Waals surface area contributed by atoms with Gasteiger partial charge in [0, 0.05) is 30.2 Å². The van der Waals surface area contributed by atoms with E-state index in [0.717, 1.165) is 64.5 Å². The monoisotopic (exact) mass is 369 g/mol. The molecule has 2 aromatic rings. The summed E-state index contributed by atoms with van der Waals surface area (Å²) in [5.41, 5.74) is 9.04. The summed E-state index contributed by atoms with van der Waals surface area (Å²) >= 11 is 0. The number of nitrogens with one attached hydrogen (secondary N) is 1. The summed E-state index contributed by atoms with van der Waals surface area (Å²) in [6, 6.07) is 0.614. The number of aromatic amines is 1. The van der Waals surface area contributed by atoms with Crippen LogP contribution >= 0.6 is 0 Å². The van der Waals surface area contributed by atoms with Gasteiger partial charge in [-0.25, -0.2) is 4.68 Å². The average Bonchev–Trinajstić information content (AvgIpc) is 3.41. The fourth-order valence-corrected chi connectivity index (χ4v) is 5.25. The Balaban J connectivity index is 1.31. The zero-order valence-electron chi connectivity index (χ0n) is 15.6. The molecule has 0 bridgehead atoms. The topological polar surface area (TPSA) is 106 Å². The summed E-state index contributed by atoms with van der Waals surface area (Å²) in [4.78, 5) is 15.1. The number of rotatable bonds is 2. The Morgan fingerprint density at radius 1 is 1.26 bits per heavy atom. The van der Waals surface area contributed by atoms with Gasteiger partial charge in [-0.3, -0.25) is 9.89 Å². The summed E-state index contributed by atoms with van der Waals surface area (Å²) in [5.74, 6) is 0.000742. The molecule has 3 N–H and O–H groups in total. The van der Waals surface area contributed by atoms with Crippen LogP contribution < -0.4 is 5.73 Å². The van der Waals surface area contributed by atoms with Crippen molar-refractivity contribution in [3.05, 3.63) is 29.3 Å². The Kier molecular flexibility index (Phi) is 4.03. The molecule has 0 radical (unpaired) electrons. The molecule has 1 amide bonds. The number of carbonyl (C=O) groups is 1. The third kappa shape index (κ3) is 2.86. The number of hydrogen-bond acceptors (Lipinski definition) is 5. The zero-order chi connectivity index (χ0) is 18.4. The van der Waals surface area contributed by atoms with Gasteiger partial charge in [-0.05, 0) is 56.9 Å². The molecule has 1 aliphatic heterocycles. The van der Waals surface area contributed by atoms with Crippen molar-refractivity contribution in [2.45, 2.75) is 68.9 Å². The molecule has 1 unspecified atom stereocenters. The van der Waals surface area contributed by atoms with Crippen molar-refractivity contribution in [1.29, 1.82) is 0 Å². The van der Waals surface area contributed by atoms with Gasteiger partial charge in [0.25, 0.3) is 5.91 Å². The number of aromatic nitrogens is 5. The first kappa shape index (κ1) is 16.9. The molecule has 2 aliphatic carbocycles. The highest BCUT2D eigenvalue weighted by molar-refractivity contribution is 5.92. The van der Waals surface area contributed by atoms with E-state index in [1.165, 1.54) is 11.3 Å². The fraction of sp³-hybridized carbons (Fsp3) is 0.684. The third-order valence-electron chi connectivity index (χ3n) is 6.83. The van der Waals surface area contributed by atoms with Crippen LogP contribution in [0.4, 0.5) is 0 Å². The number of nitrogens with zero attached hydrogens (tertiary/aromatic N) is 5. The van der Waals surface area contributed by atoms with Crippen LogP contribution in [0.15, 0.2) is 12.4 Å². The summed E-state index contributed by atoms with van der Waals surface area (Å²) in [7, 11) is 0. The lowest BCUT2D eigenvalue weighted by atomic mass is 9.77. The van der Waals surface area contributed by atoms with Gasteiger partial charge in [-0.15, -0.1) is 5.10 Å². The highest BCUT2D eigenvalue weighted by atomic mass is 16.2. The van der Waals surface area contributed by atoms with Crippen LogP contribution in [0, 0.1) is 0 Å². The second kappa shape index (κ2) is 6.44. The van der Waals surface area contributed by atoms with Crippen molar-refractivity contribution in [1.82, 2.24) is 30.1 Å². The number of amides is 1. The molecule has 1 spiro atoms. The number of fused-ring (bicyclic) bond motifs is 2. The van der Waals surface area contributed by atoms with E-state index in [2.05, 4.69) is 20.5 Å². The Morgan fingerprint density at radius 2 is 2.11 bits per heavy atom. The van der Waals surface area contributed by atoms with E-state index in [0.29, 0.717) is 17.8 Å². The van der Waals surface area contributed by atoms with Crippen LogP contribution in [0.3, 0.4) is 0 Å². The highest BCUT2D eigenvalue weighted by Gasteiger charge is 2.44. The minimum Gasteiger partial charge on any atom is -0.336 e. The Hall–Kier alpha value is -2.22. The van der Waals surface area contributed by atoms with E-state index in [1.54, 1.807) is 0 Å². The molecule has 3 heterocycles. The molecule has 5 rings (SSSR count). The second-order valence-corrected chi connectivity index (χ2v) is 8.53. The SMILES string of the molecule is NC1CCC(n2cc(C(=O)N3CCCC4(CCc5cn[nH]c54)C3)nn2)CC1. The molecular formula is C19H27N7O. The molecule has 144 valence electrons. The number of piperidine rings is 1. The van der Waals surface area contributed by atoms with E-state index in [9.17, 15) is 4.79 Å². The molecule has 1 saturated heterocycles. The zero-order valence-corrected chi connectivity index (χ0v) is 15.6. The summed E-state index contributed by atoms with van der Waals surface area (Å²) in [5, 5.41) is 15.9. The van der Waals surface area contributed by atoms with E-state index >= 15 is 0 Å². The number of nitrogens with two attached hydrogens (primary N) is 1. The lowest BCUT2D eigenvalue weighted by Crippen LogP contribution is -2.48. The van der Waals surface area contributed by atoms with Crippen LogP contribution in [-0.2, 0) is 11.8 Å². The lowest BCUT2D eigenvalue weighted by Gasteiger charge is -2.40. The van der Waals surface area contributed by atoms with Gasteiger partial charge in [0.2, 0.25) is 0 Å². The maximum atomic E-state index is 13.1. The maximum absolute atomic E-state index is 13.1. The van der Waals surface area contributed by atoms with Crippen molar-refractivity contribution in [3.8, 4) is 0 Å². The number of carbonyl (C=O) groups excluding carboxylic acids is 1. The molecule has 8 nitrogen and oxygen atoms in total. The molecular weight excluding hydrogens is 342 g/mol. The van der Waals surface area contributed by atoms with Gasteiger partial charge in [0.1, 0.15) is 0 Å². The van der Waals surface area contributed by atoms with Gasteiger partial charge in [-0.2, -0.15) is 5.10 Å². The highest BCUT2D eigenvalue weighted by Crippen LogP contribution is 2.44. The van der Waals surface area contributed by atoms with Gasteiger partial charge in [-0.1, -0.05) is 5.21 Å². The van der Waals surface area contributed by atoms with Crippen LogP contribution in [0.2, 0.25) is 0 Å². The van der Waals surface area contributed by atoms with E-state index < -0.39 is 0 Å². The van der Waals surface area contributed by atoms with Crippen molar-refractivity contribution < 1.29 is 4.79 Å². The van der Waals surface area contributed by atoms with Crippen LogP contribution in [-0.4, -0.2) is 55.1 Å². The maximum Gasteiger partial charge on any atom is 0.276 e.